The predicted octanol–water partition coefficient (Wildman–Crippen LogP) is 2.67. The standard InChI is InChI=1S/C9H10O3S.C5H5N/c10-13(11,12)8-4-7-9-5-2-1-3-6-9;1-2-4-6-5-3-1/h1-7H,8H2,(H,10,11,12);1-5H. The van der Waals surface area contributed by atoms with E-state index in [0.29, 0.717) is 0 Å². The maximum Gasteiger partial charge on any atom is 0.268 e. The van der Waals surface area contributed by atoms with Crippen molar-refractivity contribution in [3.05, 3.63) is 72.6 Å². The van der Waals surface area contributed by atoms with Gasteiger partial charge in [0.15, 0.2) is 0 Å². The Morgan fingerprint density at radius 3 is 2.00 bits per heavy atom. The Kier molecular flexibility index (Phi) is 6.49. The Morgan fingerprint density at radius 2 is 1.58 bits per heavy atom. The molecular weight excluding hydrogens is 262 g/mol. The van der Waals surface area contributed by atoms with Crippen LogP contribution in [0.1, 0.15) is 5.56 Å². The highest BCUT2D eigenvalue weighted by Gasteiger charge is 1.98. The molecule has 0 aliphatic carbocycles. The van der Waals surface area contributed by atoms with Gasteiger partial charge in [-0.1, -0.05) is 48.6 Å². The summed E-state index contributed by atoms with van der Waals surface area (Å²) in [5.74, 6) is -0.345. The van der Waals surface area contributed by atoms with Crippen molar-refractivity contribution in [3.63, 3.8) is 0 Å². The van der Waals surface area contributed by atoms with Crippen LogP contribution in [0.5, 0.6) is 0 Å². The van der Waals surface area contributed by atoms with Crippen LogP contribution in [0.15, 0.2) is 67.0 Å². The molecule has 1 N–H and O–H groups in total. The first kappa shape index (κ1) is 15.1. The van der Waals surface area contributed by atoms with E-state index in [2.05, 4.69) is 4.98 Å². The van der Waals surface area contributed by atoms with E-state index in [1.165, 1.54) is 6.08 Å². The molecule has 1 aromatic heterocycles. The maximum atomic E-state index is 10.3. The van der Waals surface area contributed by atoms with E-state index in [4.69, 9.17) is 4.55 Å². The molecule has 5 heteroatoms. The summed E-state index contributed by atoms with van der Waals surface area (Å²) in [6, 6.07) is 15.0. The fourth-order valence-corrected chi connectivity index (χ4v) is 1.52. The molecule has 0 spiro atoms. The van der Waals surface area contributed by atoms with Crippen molar-refractivity contribution in [2.75, 3.05) is 5.75 Å². The summed E-state index contributed by atoms with van der Waals surface area (Å²) in [6.07, 6.45) is 6.55. The molecule has 0 saturated heterocycles. The molecule has 4 nitrogen and oxygen atoms in total. The molecule has 2 aromatic rings. The van der Waals surface area contributed by atoms with E-state index in [0.717, 1.165) is 5.56 Å². The van der Waals surface area contributed by atoms with Gasteiger partial charge in [0, 0.05) is 12.4 Å². The Morgan fingerprint density at radius 1 is 1.00 bits per heavy atom. The van der Waals surface area contributed by atoms with Crippen molar-refractivity contribution in [2.45, 2.75) is 0 Å². The fraction of sp³-hybridized carbons (Fsp3) is 0.0714. The first-order valence-corrected chi connectivity index (χ1v) is 7.20. The number of hydrogen-bond acceptors (Lipinski definition) is 3. The highest BCUT2D eigenvalue weighted by Crippen LogP contribution is 2.00. The van der Waals surface area contributed by atoms with Gasteiger partial charge in [-0.25, -0.2) is 0 Å². The topological polar surface area (TPSA) is 67.3 Å². The van der Waals surface area contributed by atoms with E-state index in [1.54, 1.807) is 18.5 Å². The molecule has 1 heterocycles. The van der Waals surface area contributed by atoms with Gasteiger partial charge < -0.3 is 0 Å². The lowest BCUT2D eigenvalue weighted by Crippen LogP contribution is -1.99. The summed E-state index contributed by atoms with van der Waals surface area (Å²) >= 11 is 0. The largest absolute Gasteiger partial charge is 0.285 e. The number of nitrogens with zero attached hydrogens (tertiary/aromatic N) is 1. The molecular formula is C14H15NO3S. The van der Waals surface area contributed by atoms with Crippen LogP contribution in [0, 0.1) is 0 Å². The van der Waals surface area contributed by atoms with E-state index in [1.807, 2.05) is 48.5 Å². The second-order valence-corrected chi connectivity index (χ2v) is 5.08. The Hall–Kier alpha value is -1.98. The van der Waals surface area contributed by atoms with Crippen LogP contribution < -0.4 is 0 Å². The highest BCUT2D eigenvalue weighted by molar-refractivity contribution is 7.85. The molecule has 100 valence electrons. The molecule has 2 rings (SSSR count). The van der Waals surface area contributed by atoms with Crippen molar-refractivity contribution in [3.8, 4) is 0 Å². The lowest BCUT2D eigenvalue weighted by atomic mass is 10.2. The van der Waals surface area contributed by atoms with E-state index < -0.39 is 10.1 Å². The summed E-state index contributed by atoms with van der Waals surface area (Å²) in [5, 5.41) is 0. The van der Waals surface area contributed by atoms with E-state index in [9.17, 15) is 8.42 Å². The van der Waals surface area contributed by atoms with Crippen LogP contribution in [0.4, 0.5) is 0 Å². The third-order valence-corrected chi connectivity index (χ3v) is 2.60. The van der Waals surface area contributed by atoms with Crippen molar-refractivity contribution in [1.82, 2.24) is 4.98 Å². The molecule has 0 atom stereocenters. The minimum Gasteiger partial charge on any atom is -0.285 e. The van der Waals surface area contributed by atoms with Crippen molar-refractivity contribution >= 4 is 16.2 Å². The summed E-state index contributed by atoms with van der Waals surface area (Å²) in [5.41, 5.74) is 0.908. The van der Waals surface area contributed by atoms with Crippen LogP contribution in [-0.4, -0.2) is 23.7 Å². The molecule has 19 heavy (non-hydrogen) atoms. The molecule has 0 fully saturated rings. The van der Waals surface area contributed by atoms with Gasteiger partial charge in [0.25, 0.3) is 10.1 Å². The second kappa shape index (κ2) is 8.18. The quantitative estimate of drug-likeness (QED) is 0.876. The first-order chi connectivity index (χ1) is 9.08. The molecule has 0 bridgehead atoms. The Balaban J connectivity index is 0.000000250. The van der Waals surface area contributed by atoms with Gasteiger partial charge in [-0.3, -0.25) is 9.54 Å². The fourth-order valence-electron chi connectivity index (χ4n) is 1.18. The van der Waals surface area contributed by atoms with Gasteiger partial charge in [0.2, 0.25) is 0 Å². The minimum atomic E-state index is -3.88. The summed E-state index contributed by atoms with van der Waals surface area (Å²) < 4.78 is 29.1. The molecule has 0 aliphatic heterocycles. The minimum absolute atomic E-state index is 0.345. The third kappa shape index (κ3) is 8.70. The number of benzene rings is 1. The number of rotatable bonds is 3. The van der Waals surface area contributed by atoms with Gasteiger partial charge in [-0.15, -0.1) is 0 Å². The lowest BCUT2D eigenvalue weighted by molar-refractivity contribution is 0.487. The van der Waals surface area contributed by atoms with Crippen LogP contribution >= 0.6 is 0 Å². The summed E-state index contributed by atoms with van der Waals surface area (Å²) in [4.78, 5) is 3.78. The predicted molar refractivity (Wildman–Crippen MR) is 76.1 cm³/mol. The van der Waals surface area contributed by atoms with E-state index >= 15 is 0 Å². The second-order valence-electron chi connectivity index (χ2n) is 3.59. The molecule has 0 saturated carbocycles. The van der Waals surface area contributed by atoms with Gasteiger partial charge in [0.05, 0.1) is 5.75 Å². The average Bonchev–Trinajstić information content (AvgIpc) is 2.41. The van der Waals surface area contributed by atoms with Crippen LogP contribution in [0.2, 0.25) is 0 Å². The summed E-state index contributed by atoms with van der Waals surface area (Å²) in [6.45, 7) is 0. The number of hydrogen-bond donors (Lipinski definition) is 1. The lowest BCUT2D eigenvalue weighted by Gasteiger charge is -1.90. The molecule has 0 amide bonds. The van der Waals surface area contributed by atoms with Crippen molar-refractivity contribution < 1.29 is 13.0 Å². The molecule has 1 aromatic carbocycles. The normalized spacial score (nSPS) is 10.8. The molecule has 0 radical (unpaired) electrons. The van der Waals surface area contributed by atoms with Gasteiger partial charge in [-0.2, -0.15) is 8.42 Å². The molecule has 0 aliphatic rings. The average molecular weight is 277 g/mol. The monoisotopic (exact) mass is 277 g/mol. The summed E-state index contributed by atoms with van der Waals surface area (Å²) in [7, 11) is -3.88. The zero-order valence-corrected chi connectivity index (χ0v) is 11.1. The van der Waals surface area contributed by atoms with Crippen molar-refractivity contribution in [1.29, 1.82) is 0 Å². The number of aromatic nitrogens is 1. The van der Waals surface area contributed by atoms with Crippen LogP contribution in [0.3, 0.4) is 0 Å². The Labute approximate surface area is 113 Å². The Bertz CT molecular complexity index is 554. The first-order valence-electron chi connectivity index (χ1n) is 5.60. The van der Waals surface area contributed by atoms with E-state index in [-0.39, 0.29) is 5.75 Å². The smallest absolute Gasteiger partial charge is 0.268 e. The maximum absolute atomic E-state index is 10.3. The van der Waals surface area contributed by atoms with Gasteiger partial charge in [-0.05, 0) is 17.7 Å². The van der Waals surface area contributed by atoms with Crippen LogP contribution in [-0.2, 0) is 10.1 Å². The zero-order chi connectivity index (χ0) is 14.0. The van der Waals surface area contributed by atoms with Gasteiger partial charge >= 0.3 is 0 Å². The van der Waals surface area contributed by atoms with Crippen LogP contribution in [0.25, 0.3) is 6.08 Å². The zero-order valence-electron chi connectivity index (χ0n) is 10.3. The number of pyridine rings is 1. The third-order valence-electron chi connectivity index (χ3n) is 1.98. The van der Waals surface area contributed by atoms with Crippen molar-refractivity contribution in [2.24, 2.45) is 0 Å². The highest BCUT2D eigenvalue weighted by atomic mass is 32.2. The van der Waals surface area contributed by atoms with Gasteiger partial charge in [0.1, 0.15) is 0 Å². The molecule has 0 unspecified atom stereocenters. The SMILES string of the molecule is O=S(=O)(O)CC=Cc1ccccc1.c1ccncc1.